The molecule has 2 nitrogen and oxygen atoms in total. The molecule has 0 heterocycles. The second kappa shape index (κ2) is 6.08. The van der Waals surface area contributed by atoms with Crippen LogP contribution in [0.15, 0.2) is 24.3 Å². The fourth-order valence-corrected chi connectivity index (χ4v) is 1.95. The van der Waals surface area contributed by atoms with Gasteiger partial charge in [-0.3, -0.25) is 4.79 Å². The molecule has 0 amide bonds. The lowest BCUT2D eigenvalue weighted by atomic mass is 9.91. The second-order valence-corrected chi connectivity index (χ2v) is 5.06. The van der Waals surface area contributed by atoms with E-state index in [0.717, 1.165) is 12.1 Å². The van der Waals surface area contributed by atoms with Gasteiger partial charge in [-0.25, -0.2) is 0 Å². The molecule has 0 fully saturated rings. The van der Waals surface area contributed by atoms with Crippen molar-refractivity contribution in [3.63, 3.8) is 0 Å². The molecule has 0 saturated carbocycles. The van der Waals surface area contributed by atoms with Gasteiger partial charge in [0, 0.05) is 0 Å². The molecule has 0 spiro atoms. The Bertz CT molecular complexity index is 421. The number of rotatable bonds is 5. The molecule has 5 heteroatoms. The first-order valence-corrected chi connectivity index (χ1v) is 6.09. The molecule has 1 aromatic carbocycles. The highest BCUT2D eigenvalue weighted by atomic mass is 19.4. The minimum Gasteiger partial charge on any atom is -0.481 e. The molecular formula is C14H17F3O2. The number of halogens is 3. The van der Waals surface area contributed by atoms with Gasteiger partial charge in [0.15, 0.2) is 0 Å². The van der Waals surface area contributed by atoms with E-state index in [1.165, 1.54) is 12.1 Å². The Morgan fingerprint density at radius 2 is 1.74 bits per heavy atom. The molecule has 106 valence electrons. The molecule has 0 aliphatic heterocycles. The summed E-state index contributed by atoms with van der Waals surface area (Å²) in [7, 11) is 0. The van der Waals surface area contributed by atoms with E-state index in [2.05, 4.69) is 0 Å². The number of aliphatic carboxylic acids is 1. The van der Waals surface area contributed by atoms with Crippen molar-refractivity contribution < 1.29 is 23.1 Å². The van der Waals surface area contributed by atoms with E-state index in [1.54, 1.807) is 0 Å². The van der Waals surface area contributed by atoms with E-state index in [9.17, 15) is 18.0 Å². The summed E-state index contributed by atoms with van der Waals surface area (Å²) < 4.78 is 37.2. The summed E-state index contributed by atoms with van der Waals surface area (Å²) in [6.45, 7) is 3.84. The SMILES string of the molecule is CC(C)CC(Cc1ccc(C(F)(F)F)cc1)C(=O)O. The van der Waals surface area contributed by atoms with Gasteiger partial charge in [0.1, 0.15) is 0 Å². The van der Waals surface area contributed by atoms with Gasteiger partial charge < -0.3 is 5.11 Å². The zero-order valence-corrected chi connectivity index (χ0v) is 10.9. The Morgan fingerprint density at radius 3 is 2.11 bits per heavy atom. The van der Waals surface area contributed by atoms with Crippen molar-refractivity contribution in [1.29, 1.82) is 0 Å². The van der Waals surface area contributed by atoms with Gasteiger partial charge in [0.2, 0.25) is 0 Å². The van der Waals surface area contributed by atoms with Crippen LogP contribution in [0, 0.1) is 11.8 Å². The van der Waals surface area contributed by atoms with Crippen molar-refractivity contribution in [2.75, 3.05) is 0 Å². The second-order valence-electron chi connectivity index (χ2n) is 5.06. The highest BCUT2D eigenvalue weighted by molar-refractivity contribution is 5.70. The smallest absolute Gasteiger partial charge is 0.416 e. The van der Waals surface area contributed by atoms with E-state index in [1.807, 2.05) is 13.8 Å². The lowest BCUT2D eigenvalue weighted by Crippen LogP contribution is -2.18. The maximum absolute atomic E-state index is 12.4. The molecule has 0 bridgehead atoms. The van der Waals surface area contributed by atoms with Gasteiger partial charge in [-0.2, -0.15) is 13.2 Å². The fraction of sp³-hybridized carbons (Fsp3) is 0.500. The first-order chi connectivity index (χ1) is 8.70. The lowest BCUT2D eigenvalue weighted by molar-refractivity contribution is -0.142. The third kappa shape index (κ3) is 4.93. The fourth-order valence-electron chi connectivity index (χ4n) is 1.95. The zero-order valence-electron chi connectivity index (χ0n) is 10.9. The van der Waals surface area contributed by atoms with Crippen LogP contribution in [-0.2, 0) is 17.4 Å². The van der Waals surface area contributed by atoms with Crippen molar-refractivity contribution in [3.8, 4) is 0 Å². The Hall–Kier alpha value is -1.52. The lowest BCUT2D eigenvalue weighted by Gasteiger charge is -2.15. The Morgan fingerprint density at radius 1 is 1.21 bits per heavy atom. The summed E-state index contributed by atoms with van der Waals surface area (Å²) in [6.07, 6.45) is -3.59. The van der Waals surface area contributed by atoms with E-state index in [0.29, 0.717) is 12.0 Å². The predicted octanol–water partition coefficient (Wildman–Crippen LogP) is 3.99. The minimum atomic E-state index is -4.36. The number of carboxylic acid groups (broad SMARTS) is 1. The van der Waals surface area contributed by atoms with Crippen LogP contribution >= 0.6 is 0 Å². The molecule has 0 aromatic heterocycles. The quantitative estimate of drug-likeness (QED) is 0.881. The highest BCUT2D eigenvalue weighted by Gasteiger charge is 2.30. The number of carboxylic acids is 1. The number of carbonyl (C=O) groups is 1. The van der Waals surface area contributed by atoms with Gasteiger partial charge >= 0.3 is 12.1 Å². The third-order valence-electron chi connectivity index (χ3n) is 2.87. The number of hydrogen-bond acceptors (Lipinski definition) is 1. The topological polar surface area (TPSA) is 37.3 Å². The predicted molar refractivity (Wildman–Crippen MR) is 65.7 cm³/mol. The van der Waals surface area contributed by atoms with Crippen molar-refractivity contribution >= 4 is 5.97 Å². The van der Waals surface area contributed by atoms with Crippen LogP contribution in [-0.4, -0.2) is 11.1 Å². The Kier molecular flexibility index (Phi) is 4.97. The summed E-state index contributed by atoms with van der Waals surface area (Å²) in [5, 5.41) is 9.09. The van der Waals surface area contributed by atoms with Crippen molar-refractivity contribution in [2.45, 2.75) is 32.9 Å². The van der Waals surface area contributed by atoms with Crippen LogP contribution in [0.4, 0.5) is 13.2 Å². The maximum atomic E-state index is 12.4. The van der Waals surface area contributed by atoms with Crippen molar-refractivity contribution in [1.82, 2.24) is 0 Å². The molecule has 1 unspecified atom stereocenters. The van der Waals surface area contributed by atoms with Crippen LogP contribution in [0.2, 0.25) is 0 Å². The number of benzene rings is 1. The number of alkyl halides is 3. The summed E-state index contributed by atoms with van der Waals surface area (Å²) >= 11 is 0. The average molecular weight is 274 g/mol. The molecule has 0 aliphatic carbocycles. The monoisotopic (exact) mass is 274 g/mol. The molecule has 19 heavy (non-hydrogen) atoms. The van der Waals surface area contributed by atoms with Crippen LogP contribution in [0.25, 0.3) is 0 Å². The van der Waals surface area contributed by atoms with E-state index in [4.69, 9.17) is 5.11 Å². The zero-order chi connectivity index (χ0) is 14.6. The van der Waals surface area contributed by atoms with Crippen LogP contribution < -0.4 is 0 Å². The molecule has 0 aliphatic rings. The van der Waals surface area contributed by atoms with Gasteiger partial charge in [-0.05, 0) is 36.5 Å². The summed E-state index contributed by atoms with van der Waals surface area (Å²) in [5.74, 6) is -1.24. The normalized spacial score (nSPS) is 13.6. The highest BCUT2D eigenvalue weighted by Crippen LogP contribution is 2.29. The minimum absolute atomic E-state index is 0.232. The molecule has 0 saturated heterocycles. The third-order valence-corrected chi connectivity index (χ3v) is 2.87. The van der Waals surface area contributed by atoms with E-state index < -0.39 is 23.6 Å². The van der Waals surface area contributed by atoms with Crippen LogP contribution in [0.1, 0.15) is 31.4 Å². The van der Waals surface area contributed by atoms with E-state index >= 15 is 0 Å². The molecular weight excluding hydrogens is 257 g/mol. The van der Waals surface area contributed by atoms with Gasteiger partial charge in [0.25, 0.3) is 0 Å². The summed E-state index contributed by atoms with van der Waals surface area (Å²) in [5.41, 5.74) is -0.104. The van der Waals surface area contributed by atoms with Gasteiger partial charge in [0.05, 0.1) is 11.5 Å². The van der Waals surface area contributed by atoms with Crippen LogP contribution in [0.5, 0.6) is 0 Å². The van der Waals surface area contributed by atoms with Gasteiger partial charge in [-0.15, -0.1) is 0 Å². The van der Waals surface area contributed by atoms with Gasteiger partial charge in [-0.1, -0.05) is 26.0 Å². The van der Waals surface area contributed by atoms with E-state index in [-0.39, 0.29) is 12.3 Å². The molecule has 1 rings (SSSR count). The maximum Gasteiger partial charge on any atom is 0.416 e. The molecule has 1 N–H and O–H groups in total. The van der Waals surface area contributed by atoms with Crippen molar-refractivity contribution in [3.05, 3.63) is 35.4 Å². The largest absolute Gasteiger partial charge is 0.481 e. The Balaban J connectivity index is 2.78. The van der Waals surface area contributed by atoms with Crippen LogP contribution in [0.3, 0.4) is 0 Å². The summed E-state index contributed by atoms with van der Waals surface area (Å²) in [6, 6.07) is 4.67. The first-order valence-electron chi connectivity index (χ1n) is 6.09. The first kappa shape index (κ1) is 15.5. The molecule has 0 radical (unpaired) electrons. The molecule has 1 aromatic rings. The molecule has 1 atom stereocenters. The van der Waals surface area contributed by atoms with Crippen molar-refractivity contribution in [2.24, 2.45) is 11.8 Å². The Labute approximate surface area is 110 Å². The summed E-state index contributed by atoms with van der Waals surface area (Å²) in [4.78, 5) is 11.1. The number of hydrogen-bond donors (Lipinski definition) is 1. The average Bonchev–Trinajstić information content (AvgIpc) is 2.27. The standard InChI is InChI=1S/C14H17F3O2/c1-9(2)7-11(13(18)19)8-10-3-5-12(6-4-10)14(15,16)17/h3-6,9,11H,7-8H2,1-2H3,(H,18,19).